The summed E-state index contributed by atoms with van der Waals surface area (Å²) < 4.78 is 1.06. The average molecular weight is 319 g/mol. The largest absolute Gasteiger partial charge is 0.355 e. The zero-order valence-electron chi connectivity index (χ0n) is 10.1. The molecule has 0 unspecified atom stereocenters. The van der Waals surface area contributed by atoms with Gasteiger partial charge in [-0.15, -0.1) is 11.6 Å². The van der Waals surface area contributed by atoms with Crippen molar-refractivity contribution in [1.29, 1.82) is 0 Å². The molecule has 0 bridgehead atoms. The number of alkyl halides is 1. The van der Waals surface area contributed by atoms with Gasteiger partial charge in [-0.2, -0.15) is 0 Å². The van der Waals surface area contributed by atoms with Crippen LogP contribution in [0.3, 0.4) is 0 Å². The molecule has 4 heteroatoms. The van der Waals surface area contributed by atoms with Gasteiger partial charge in [0.15, 0.2) is 0 Å². The Balaban J connectivity index is 2.61. The van der Waals surface area contributed by atoms with Crippen LogP contribution < -0.4 is 5.32 Å². The van der Waals surface area contributed by atoms with Crippen LogP contribution >= 0.6 is 27.5 Å². The number of nitrogens with one attached hydrogen (secondary N) is 1. The first-order chi connectivity index (χ1) is 7.95. The zero-order chi connectivity index (χ0) is 12.9. The molecule has 1 aromatic rings. The molecule has 0 aliphatic carbocycles. The zero-order valence-corrected chi connectivity index (χ0v) is 12.4. The highest BCUT2D eigenvalue weighted by molar-refractivity contribution is 9.10. The van der Waals surface area contributed by atoms with Crippen molar-refractivity contribution < 1.29 is 4.79 Å². The molecule has 1 amide bonds. The lowest BCUT2D eigenvalue weighted by molar-refractivity contribution is -0.120. The lowest BCUT2D eigenvalue weighted by atomic mass is 9.84. The lowest BCUT2D eigenvalue weighted by Gasteiger charge is -2.25. The van der Waals surface area contributed by atoms with Crippen LogP contribution in [0.2, 0.25) is 0 Å². The van der Waals surface area contributed by atoms with Gasteiger partial charge in [0.25, 0.3) is 0 Å². The van der Waals surface area contributed by atoms with Gasteiger partial charge < -0.3 is 5.32 Å². The van der Waals surface area contributed by atoms with Gasteiger partial charge in [0.05, 0.1) is 0 Å². The van der Waals surface area contributed by atoms with E-state index in [0.29, 0.717) is 18.8 Å². The first kappa shape index (κ1) is 14.5. The quantitative estimate of drug-likeness (QED) is 0.828. The van der Waals surface area contributed by atoms with Crippen LogP contribution in [0, 0.1) is 0 Å². The molecule has 0 saturated heterocycles. The van der Waals surface area contributed by atoms with Crippen LogP contribution in [0.1, 0.15) is 25.8 Å². The Labute approximate surface area is 116 Å². The van der Waals surface area contributed by atoms with E-state index in [1.165, 1.54) is 5.56 Å². The maximum atomic E-state index is 11.4. The van der Waals surface area contributed by atoms with Gasteiger partial charge >= 0.3 is 0 Å². The van der Waals surface area contributed by atoms with Crippen molar-refractivity contribution in [2.24, 2.45) is 0 Å². The van der Waals surface area contributed by atoms with Gasteiger partial charge in [-0.3, -0.25) is 4.79 Å². The van der Waals surface area contributed by atoms with Crippen molar-refractivity contribution in [3.63, 3.8) is 0 Å². The van der Waals surface area contributed by atoms with Crippen LogP contribution in [0.5, 0.6) is 0 Å². The highest BCUT2D eigenvalue weighted by atomic mass is 79.9. The number of halogens is 2. The molecule has 0 atom stereocenters. The second kappa shape index (κ2) is 6.41. The Morgan fingerprint density at radius 3 is 2.47 bits per heavy atom. The molecule has 0 saturated carbocycles. The Kier molecular flexibility index (Phi) is 5.47. The van der Waals surface area contributed by atoms with Crippen LogP contribution in [0.25, 0.3) is 0 Å². The van der Waals surface area contributed by atoms with Crippen LogP contribution in [0.4, 0.5) is 0 Å². The second-order valence-electron chi connectivity index (χ2n) is 4.61. The van der Waals surface area contributed by atoms with E-state index in [0.717, 1.165) is 4.47 Å². The molecular weight excluding hydrogens is 302 g/mol. The molecule has 1 N–H and O–H groups in total. The number of hydrogen-bond donors (Lipinski definition) is 1. The fourth-order valence-electron chi connectivity index (χ4n) is 1.50. The monoisotopic (exact) mass is 317 g/mol. The van der Waals surface area contributed by atoms with E-state index >= 15 is 0 Å². The van der Waals surface area contributed by atoms with Crippen molar-refractivity contribution in [1.82, 2.24) is 5.32 Å². The van der Waals surface area contributed by atoms with Crippen molar-refractivity contribution in [2.45, 2.75) is 25.7 Å². The normalized spacial score (nSPS) is 11.3. The van der Waals surface area contributed by atoms with Gasteiger partial charge in [0.1, 0.15) is 0 Å². The minimum Gasteiger partial charge on any atom is -0.355 e. The van der Waals surface area contributed by atoms with Gasteiger partial charge in [-0.1, -0.05) is 41.9 Å². The van der Waals surface area contributed by atoms with Crippen LogP contribution in [-0.2, 0) is 10.2 Å². The summed E-state index contributed by atoms with van der Waals surface area (Å²) in [5.74, 6) is 0.370. The summed E-state index contributed by atoms with van der Waals surface area (Å²) in [6.45, 7) is 4.83. The number of carbonyl (C=O) groups excluding carboxylic acids is 1. The third kappa shape index (κ3) is 4.68. The second-order valence-corrected chi connectivity index (χ2v) is 5.90. The molecule has 1 aromatic carbocycles. The molecule has 0 heterocycles. The maximum Gasteiger partial charge on any atom is 0.221 e. The molecule has 0 spiro atoms. The highest BCUT2D eigenvalue weighted by Crippen LogP contribution is 2.23. The standard InChI is InChI=1S/C13H17BrClNO/c1-13(2,9-16-12(17)7-8-15)10-3-5-11(14)6-4-10/h3-6H,7-9H2,1-2H3,(H,16,17). The molecule has 17 heavy (non-hydrogen) atoms. The van der Waals surface area contributed by atoms with Crippen molar-refractivity contribution in [3.05, 3.63) is 34.3 Å². The summed E-state index contributed by atoms with van der Waals surface area (Å²) in [6.07, 6.45) is 0.373. The van der Waals surface area contributed by atoms with Crippen LogP contribution in [-0.4, -0.2) is 18.3 Å². The van der Waals surface area contributed by atoms with Crippen LogP contribution in [0.15, 0.2) is 28.7 Å². The van der Waals surface area contributed by atoms with E-state index in [1.54, 1.807) is 0 Å². The third-order valence-electron chi connectivity index (χ3n) is 2.67. The summed E-state index contributed by atoms with van der Waals surface area (Å²) in [6, 6.07) is 8.16. The van der Waals surface area contributed by atoms with E-state index in [1.807, 2.05) is 12.1 Å². The van der Waals surface area contributed by atoms with Gasteiger partial charge in [0, 0.05) is 28.7 Å². The summed E-state index contributed by atoms with van der Waals surface area (Å²) >= 11 is 8.93. The first-order valence-corrected chi connectivity index (χ1v) is 6.87. The van der Waals surface area contributed by atoms with Gasteiger partial charge in [-0.05, 0) is 17.7 Å². The number of rotatable bonds is 5. The van der Waals surface area contributed by atoms with E-state index in [4.69, 9.17) is 11.6 Å². The molecule has 2 nitrogen and oxygen atoms in total. The lowest BCUT2D eigenvalue weighted by Crippen LogP contribution is -2.36. The Morgan fingerprint density at radius 1 is 1.35 bits per heavy atom. The minimum atomic E-state index is -0.0807. The molecule has 0 radical (unpaired) electrons. The average Bonchev–Trinajstić information content (AvgIpc) is 2.28. The number of amides is 1. The smallest absolute Gasteiger partial charge is 0.221 e. The van der Waals surface area contributed by atoms with E-state index in [9.17, 15) is 4.79 Å². The van der Waals surface area contributed by atoms with Crippen molar-refractivity contribution in [3.8, 4) is 0 Å². The molecular formula is C13H17BrClNO. The third-order valence-corrected chi connectivity index (χ3v) is 3.39. The van der Waals surface area contributed by atoms with E-state index in [-0.39, 0.29) is 11.3 Å². The van der Waals surface area contributed by atoms with Crippen molar-refractivity contribution in [2.75, 3.05) is 12.4 Å². The first-order valence-electron chi connectivity index (χ1n) is 5.54. The molecule has 0 aliphatic heterocycles. The predicted molar refractivity (Wildman–Crippen MR) is 75.5 cm³/mol. The predicted octanol–water partition coefficient (Wildman–Crippen LogP) is 3.47. The molecule has 0 aromatic heterocycles. The molecule has 0 aliphatic rings. The Hall–Kier alpha value is -0.540. The number of hydrogen-bond acceptors (Lipinski definition) is 1. The van der Waals surface area contributed by atoms with Gasteiger partial charge in [0.2, 0.25) is 5.91 Å². The Bertz CT molecular complexity index is 376. The van der Waals surface area contributed by atoms with Crippen molar-refractivity contribution >= 4 is 33.4 Å². The summed E-state index contributed by atoms with van der Waals surface area (Å²) in [5.41, 5.74) is 1.12. The number of carbonyl (C=O) groups is 1. The fourth-order valence-corrected chi connectivity index (χ4v) is 1.93. The number of benzene rings is 1. The molecule has 1 rings (SSSR count). The van der Waals surface area contributed by atoms with Gasteiger partial charge in [-0.25, -0.2) is 0 Å². The SMILES string of the molecule is CC(C)(CNC(=O)CCCl)c1ccc(Br)cc1. The summed E-state index contributed by atoms with van der Waals surface area (Å²) in [7, 11) is 0. The molecule has 94 valence electrons. The minimum absolute atomic E-state index is 0.00480. The summed E-state index contributed by atoms with van der Waals surface area (Å²) in [5, 5.41) is 2.90. The van der Waals surface area contributed by atoms with E-state index < -0.39 is 0 Å². The Morgan fingerprint density at radius 2 is 1.94 bits per heavy atom. The maximum absolute atomic E-state index is 11.4. The topological polar surface area (TPSA) is 29.1 Å². The highest BCUT2D eigenvalue weighted by Gasteiger charge is 2.21. The molecule has 0 fully saturated rings. The fraction of sp³-hybridized carbons (Fsp3) is 0.462. The van der Waals surface area contributed by atoms with E-state index in [2.05, 4.69) is 47.2 Å². The summed E-state index contributed by atoms with van der Waals surface area (Å²) in [4.78, 5) is 11.4.